The summed E-state index contributed by atoms with van der Waals surface area (Å²) in [6, 6.07) is 13.3. The fraction of sp³-hybridized carbons (Fsp3) is 0.318. The highest BCUT2D eigenvalue weighted by molar-refractivity contribution is 5.93. The third-order valence-electron chi connectivity index (χ3n) is 5.23. The summed E-state index contributed by atoms with van der Waals surface area (Å²) in [6.07, 6.45) is 4.73. The topological polar surface area (TPSA) is 42.2 Å². The molecule has 1 aliphatic rings. The Balaban J connectivity index is 1.85. The van der Waals surface area contributed by atoms with Gasteiger partial charge in [0.05, 0.1) is 11.0 Å². The first-order valence-corrected chi connectivity index (χ1v) is 8.84. The minimum atomic E-state index is -0.859. The molecular weight excluding hydrogens is 310 g/mol. The molecule has 0 saturated heterocycles. The van der Waals surface area contributed by atoms with Gasteiger partial charge in [0, 0.05) is 23.4 Å². The molecule has 0 amide bonds. The first kappa shape index (κ1) is 15.9. The van der Waals surface area contributed by atoms with Crippen molar-refractivity contribution in [1.82, 2.24) is 4.57 Å². The quantitative estimate of drug-likeness (QED) is 0.504. The van der Waals surface area contributed by atoms with Gasteiger partial charge >= 0.3 is 0 Å². The van der Waals surface area contributed by atoms with Gasteiger partial charge in [0.25, 0.3) is 0 Å². The molecule has 0 aliphatic heterocycles. The average Bonchev–Trinajstić information content (AvgIpc) is 2.65. The van der Waals surface area contributed by atoms with E-state index in [2.05, 4.69) is 11.8 Å². The van der Waals surface area contributed by atoms with Crippen molar-refractivity contribution in [1.29, 1.82) is 0 Å². The summed E-state index contributed by atoms with van der Waals surface area (Å²) in [4.78, 5) is 12.7. The maximum atomic E-state index is 12.7. The van der Waals surface area contributed by atoms with Gasteiger partial charge in [-0.25, -0.2) is 0 Å². The number of aliphatic hydroxyl groups is 1. The zero-order chi connectivity index (χ0) is 17.4. The van der Waals surface area contributed by atoms with Crippen molar-refractivity contribution in [3.8, 4) is 11.8 Å². The highest BCUT2D eigenvalue weighted by atomic mass is 16.3. The van der Waals surface area contributed by atoms with Crippen LogP contribution in [0.25, 0.3) is 21.8 Å². The molecule has 126 valence electrons. The van der Waals surface area contributed by atoms with Crippen molar-refractivity contribution in [2.24, 2.45) is 7.05 Å². The molecule has 0 bridgehead atoms. The maximum absolute atomic E-state index is 12.7. The molecule has 0 unspecified atom stereocenters. The number of rotatable bonds is 0. The molecule has 1 aromatic heterocycles. The monoisotopic (exact) mass is 331 g/mol. The van der Waals surface area contributed by atoms with Crippen LogP contribution >= 0.6 is 0 Å². The Morgan fingerprint density at radius 3 is 2.52 bits per heavy atom. The number of benzene rings is 2. The number of hydrogen-bond donors (Lipinski definition) is 1. The second-order valence-electron chi connectivity index (χ2n) is 6.98. The zero-order valence-corrected chi connectivity index (χ0v) is 14.4. The summed E-state index contributed by atoms with van der Waals surface area (Å²) in [5.41, 5.74) is 1.80. The zero-order valence-electron chi connectivity index (χ0n) is 14.4. The molecule has 3 heteroatoms. The van der Waals surface area contributed by atoms with Gasteiger partial charge in [-0.05, 0) is 56.0 Å². The van der Waals surface area contributed by atoms with Crippen LogP contribution in [-0.2, 0) is 7.05 Å². The number of pyridine rings is 1. The van der Waals surface area contributed by atoms with Gasteiger partial charge < -0.3 is 9.67 Å². The SMILES string of the molecule is Cn1c2ccccc2c(=O)c2ccc(C#CC3(O)CCCCC3)cc21. The number of aromatic nitrogens is 1. The van der Waals surface area contributed by atoms with Crippen LogP contribution in [0.2, 0.25) is 0 Å². The minimum Gasteiger partial charge on any atom is -0.378 e. The summed E-state index contributed by atoms with van der Waals surface area (Å²) in [5.74, 6) is 6.19. The van der Waals surface area contributed by atoms with Crippen molar-refractivity contribution in [2.75, 3.05) is 0 Å². The van der Waals surface area contributed by atoms with E-state index in [0.717, 1.165) is 47.7 Å². The lowest BCUT2D eigenvalue weighted by Gasteiger charge is -2.26. The van der Waals surface area contributed by atoms with Gasteiger partial charge in [-0.15, -0.1) is 0 Å². The van der Waals surface area contributed by atoms with E-state index in [9.17, 15) is 9.90 Å². The molecular formula is C22H21NO2. The Bertz CT molecular complexity index is 1080. The molecule has 1 saturated carbocycles. The first-order chi connectivity index (χ1) is 12.1. The van der Waals surface area contributed by atoms with Crippen molar-refractivity contribution in [2.45, 2.75) is 37.7 Å². The molecule has 0 radical (unpaired) electrons. The molecule has 25 heavy (non-hydrogen) atoms. The van der Waals surface area contributed by atoms with Crippen LogP contribution in [0.5, 0.6) is 0 Å². The molecule has 3 nitrogen and oxygen atoms in total. The Morgan fingerprint density at radius 2 is 1.72 bits per heavy atom. The van der Waals surface area contributed by atoms with Crippen molar-refractivity contribution in [3.05, 3.63) is 58.3 Å². The maximum Gasteiger partial charge on any atom is 0.197 e. The summed E-state index contributed by atoms with van der Waals surface area (Å²) in [6.45, 7) is 0. The Morgan fingerprint density at radius 1 is 1.00 bits per heavy atom. The van der Waals surface area contributed by atoms with Gasteiger partial charge in [0.15, 0.2) is 5.43 Å². The van der Waals surface area contributed by atoms with E-state index in [1.54, 1.807) is 0 Å². The largest absolute Gasteiger partial charge is 0.378 e. The smallest absolute Gasteiger partial charge is 0.197 e. The number of hydrogen-bond acceptors (Lipinski definition) is 2. The first-order valence-electron chi connectivity index (χ1n) is 8.84. The van der Waals surface area contributed by atoms with Crippen LogP contribution < -0.4 is 5.43 Å². The number of para-hydroxylation sites is 1. The minimum absolute atomic E-state index is 0.0501. The van der Waals surface area contributed by atoms with Gasteiger partial charge in [-0.1, -0.05) is 30.4 Å². The fourth-order valence-corrected chi connectivity index (χ4v) is 3.76. The van der Waals surface area contributed by atoms with Crippen LogP contribution in [0.3, 0.4) is 0 Å². The molecule has 4 rings (SSSR count). The number of fused-ring (bicyclic) bond motifs is 2. The van der Waals surface area contributed by atoms with Crippen molar-refractivity contribution in [3.63, 3.8) is 0 Å². The van der Waals surface area contributed by atoms with Crippen molar-refractivity contribution < 1.29 is 5.11 Å². The van der Waals surface area contributed by atoms with E-state index < -0.39 is 5.60 Å². The predicted octanol–water partition coefficient (Wildman–Crippen LogP) is 3.74. The highest BCUT2D eigenvalue weighted by Crippen LogP contribution is 2.27. The summed E-state index contributed by atoms with van der Waals surface area (Å²) < 4.78 is 2.03. The van der Waals surface area contributed by atoms with Gasteiger partial charge in [-0.3, -0.25) is 4.79 Å². The number of nitrogens with zero attached hydrogens (tertiary/aromatic N) is 1. The van der Waals surface area contributed by atoms with E-state index in [-0.39, 0.29) is 5.43 Å². The lowest BCUT2D eigenvalue weighted by atomic mass is 9.85. The normalized spacial score (nSPS) is 16.6. The van der Waals surface area contributed by atoms with E-state index in [1.165, 1.54) is 6.42 Å². The molecule has 1 aliphatic carbocycles. The molecule has 0 spiro atoms. The van der Waals surface area contributed by atoms with Crippen LogP contribution in [0, 0.1) is 11.8 Å². The summed E-state index contributed by atoms with van der Waals surface area (Å²) >= 11 is 0. The van der Waals surface area contributed by atoms with Crippen LogP contribution in [0.15, 0.2) is 47.3 Å². The summed E-state index contributed by atoms with van der Waals surface area (Å²) in [7, 11) is 1.97. The number of aryl methyl sites for hydroxylation is 1. The molecule has 1 heterocycles. The molecule has 1 N–H and O–H groups in total. The van der Waals surface area contributed by atoms with Crippen LogP contribution in [0.1, 0.15) is 37.7 Å². The Kier molecular flexibility index (Phi) is 3.86. The van der Waals surface area contributed by atoms with E-state index in [4.69, 9.17) is 0 Å². The standard InChI is InChI=1S/C22H21NO2/c1-23-19-8-4-3-7-17(19)21(24)18-10-9-16(15-20(18)23)11-14-22(25)12-5-2-6-13-22/h3-4,7-10,15,25H,2,5-6,12-13H2,1H3. The molecule has 1 fully saturated rings. The van der Waals surface area contributed by atoms with Gasteiger partial charge in [0.1, 0.15) is 5.60 Å². The Hall–Kier alpha value is -2.57. The van der Waals surface area contributed by atoms with Crippen molar-refractivity contribution >= 4 is 21.8 Å². The van der Waals surface area contributed by atoms with E-state index in [1.807, 2.05) is 54.1 Å². The third kappa shape index (κ3) is 2.83. The Labute approximate surface area is 146 Å². The second kappa shape index (κ2) is 6.06. The molecule has 3 aromatic rings. The van der Waals surface area contributed by atoms with E-state index >= 15 is 0 Å². The average molecular weight is 331 g/mol. The fourth-order valence-electron chi connectivity index (χ4n) is 3.76. The lowest BCUT2D eigenvalue weighted by Crippen LogP contribution is -2.29. The predicted molar refractivity (Wildman–Crippen MR) is 102 cm³/mol. The highest BCUT2D eigenvalue weighted by Gasteiger charge is 2.26. The van der Waals surface area contributed by atoms with Crippen LogP contribution in [-0.4, -0.2) is 15.3 Å². The molecule has 0 atom stereocenters. The van der Waals surface area contributed by atoms with Crippen LogP contribution in [0.4, 0.5) is 0 Å². The molecule has 2 aromatic carbocycles. The van der Waals surface area contributed by atoms with E-state index in [0.29, 0.717) is 5.39 Å². The third-order valence-corrected chi connectivity index (χ3v) is 5.23. The summed E-state index contributed by atoms with van der Waals surface area (Å²) in [5, 5.41) is 12.0. The van der Waals surface area contributed by atoms with Gasteiger partial charge in [-0.2, -0.15) is 0 Å². The second-order valence-corrected chi connectivity index (χ2v) is 6.98. The van der Waals surface area contributed by atoms with Gasteiger partial charge in [0.2, 0.25) is 0 Å². The lowest BCUT2D eigenvalue weighted by molar-refractivity contribution is 0.0610.